The second-order valence-electron chi connectivity index (χ2n) is 4.52. The number of amides is 1. The highest BCUT2D eigenvalue weighted by molar-refractivity contribution is 7.98. The number of benzene rings is 1. The molecule has 1 rings (SSSR count). The molecule has 0 aliphatic carbocycles. The van der Waals surface area contributed by atoms with Gasteiger partial charge in [0.1, 0.15) is 11.8 Å². The summed E-state index contributed by atoms with van der Waals surface area (Å²) >= 11 is 1.61. The predicted octanol–water partition coefficient (Wildman–Crippen LogP) is 2.03. The van der Waals surface area contributed by atoms with Crippen LogP contribution in [0.25, 0.3) is 0 Å². The Kier molecular flexibility index (Phi) is 7.08. The molecule has 116 valence electrons. The van der Waals surface area contributed by atoms with E-state index >= 15 is 0 Å². The minimum atomic E-state index is -0.627. The summed E-state index contributed by atoms with van der Waals surface area (Å²) in [5.74, 6) is 0.764. The molecule has 0 aromatic heterocycles. The van der Waals surface area contributed by atoms with E-state index in [2.05, 4.69) is 5.32 Å². The highest BCUT2D eigenvalue weighted by Crippen LogP contribution is 2.18. The van der Waals surface area contributed by atoms with Crippen molar-refractivity contribution in [2.75, 3.05) is 26.2 Å². The minimum absolute atomic E-state index is 0.294. The smallest absolute Gasteiger partial charge is 0.328 e. The molecule has 0 spiro atoms. The number of ether oxygens (including phenoxy) is 2. The Labute approximate surface area is 129 Å². The topological polar surface area (TPSA) is 64.6 Å². The van der Waals surface area contributed by atoms with Gasteiger partial charge in [-0.1, -0.05) is 0 Å². The van der Waals surface area contributed by atoms with Gasteiger partial charge in [0.15, 0.2) is 0 Å². The first kappa shape index (κ1) is 17.4. The number of aryl methyl sites for hydroxylation is 1. The largest absolute Gasteiger partial charge is 0.496 e. The number of nitrogens with one attached hydrogen (secondary N) is 1. The Balaban J connectivity index is 2.81. The van der Waals surface area contributed by atoms with Crippen molar-refractivity contribution in [1.82, 2.24) is 5.32 Å². The quantitative estimate of drug-likeness (QED) is 0.781. The summed E-state index contributed by atoms with van der Waals surface area (Å²) in [6, 6.07) is 4.51. The molecule has 21 heavy (non-hydrogen) atoms. The summed E-state index contributed by atoms with van der Waals surface area (Å²) in [6.07, 6.45) is 2.48. The fourth-order valence-electron chi connectivity index (χ4n) is 1.89. The van der Waals surface area contributed by atoms with Crippen LogP contribution in [-0.4, -0.2) is 44.1 Å². The van der Waals surface area contributed by atoms with E-state index in [1.54, 1.807) is 37.1 Å². The van der Waals surface area contributed by atoms with Gasteiger partial charge in [-0.05, 0) is 49.1 Å². The van der Waals surface area contributed by atoms with Gasteiger partial charge < -0.3 is 14.8 Å². The van der Waals surface area contributed by atoms with Crippen LogP contribution in [0.15, 0.2) is 18.2 Å². The lowest BCUT2D eigenvalue weighted by Crippen LogP contribution is -2.41. The van der Waals surface area contributed by atoms with E-state index in [0.717, 1.165) is 17.1 Å². The van der Waals surface area contributed by atoms with Crippen LogP contribution in [0.5, 0.6) is 5.75 Å². The van der Waals surface area contributed by atoms with Crippen LogP contribution in [-0.2, 0) is 9.53 Å². The molecule has 1 aromatic carbocycles. The van der Waals surface area contributed by atoms with Gasteiger partial charge in [0.2, 0.25) is 0 Å². The minimum Gasteiger partial charge on any atom is -0.496 e. The summed E-state index contributed by atoms with van der Waals surface area (Å²) in [5.41, 5.74) is 1.36. The van der Waals surface area contributed by atoms with Gasteiger partial charge >= 0.3 is 5.97 Å². The molecule has 0 saturated heterocycles. The molecule has 6 heteroatoms. The van der Waals surface area contributed by atoms with Crippen LogP contribution in [0.3, 0.4) is 0 Å². The number of esters is 1. The Morgan fingerprint density at radius 1 is 1.33 bits per heavy atom. The molecular weight excluding hydrogens is 290 g/mol. The van der Waals surface area contributed by atoms with Crippen molar-refractivity contribution >= 4 is 23.6 Å². The summed E-state index contributed by atoms with van der Waals surface area (Å²) < 4.78 is 9.88. The van der Waals surface area contributed by atoms with Gasteiger partial charge in [-0.2, -0.15) is 11.8 Å². The van der Waals surface area contributed by atoms with Crippen molar-refractivity contribution in [3.05, 3.63) is 29.3 Å². The Morgan fingerprint density at radius 3 is 2.57 bits per heavy atom. The molecule has 0 saturated carbocycles. The van der Waals surface area contributed by atoms with E-state index < -0.39 is 12.0 Å². The van der Waals surface area contributed by atoms with Crippen molar-refractivity contribution in [1.29, 1.82) is 0 Å². The number of hydrogen-bond donors (Lipinski definition) is 1. The zero-order valence-electron chi connectivity index (χ0n) is 12.8. The number of thioether (sulfide) groups is 1. The van der Waals surface area contributed by atoms with Crippen molar-refractivity contribution in [2.24, 2.45) is 0 Å². The maximum absolute atomic E-state index is 12.2. The third-order valence-electron chi connectivity index (χ3n) is 3.06. The Morgan fingerprint density at radius 2 is 2.05 bits per heavy atom. The van der Waals surface area contributed by atoms with Crippen LogP contribution >= 0.6 is 11.8 Å². The van der Waals surface area contributed by atoms with Crippen LogP contribution in [0.4, 0.5) is 0 Å². The van der Waals surface area contributed by atoms with Gasteiger partial charge in [-0.3, -0.25) is 4.79 Å². The van der Waals surface area contributed by atoms with Crippen LogP contribution < -0.4 is 10.1 Å². The van der Waals surface area contributed by atoms with Gasteiger partial charge in [0.05, 0.1) is 14.2 Å². The van der Waals surface area contributed by atoms with Gasteiger partial charge in [-0.15, -0.1) is 0 Å². The van der Waals surface area contributed by atoms with E-state index in [1.807, 2.05) is 13.2 Å². The summed E-state index contributed by atoms with van der Waals surface area (Å²) in [5, 5.41) is 2.72. The predicted molar refractivity (Wildman–Crippen MR) is 84.0 cm³/mol. The zero-order chi connectivity index (χ0) is 15.8. The third kappa shape index (κ3) is 4.97. The standard InChI is InChI=1S/C15H21NO4S/c1-10-9-11(5-6-13(10)19-2)14(17)16-12(7-8-21-4)15(18)20-3/h5-6,9,12H,7-8H2,1-4H3,(H,16,17)/t12-/m1/s1. The highest BCUT2D eigenvalue weighted by atomic mass is 32.2. The van der Waals surface area contributed by atoms with E-state index in [0.29, 0.717) is 12.0 Å². The summed E-state index contributed by atoms with van der Waals surface area (Å²) in [6.45, 7) is 1.86. The molecular formula is C15H21NO4S. The molecule has 1 N–H and O–H groups in total. The Hall–Kier alpha value is -1.69. The SMILES string of the molecule is COC(=O)[C@@H](CCSC)NC(=O)c1ccc(OC)c(C)c1. The second-order valence-corrected chi connectivity index (χ2v) is 5.50. The lowest BCUT2D eigenvalue weighted by Gasteiger charge is -2.16. The molecule has 0 aliphatic rings. The average Bonchev–Trinajstić information content (AvgIpc) is 2.50. The monoisotopic (exact) mass is 311 g/mol. The number of carbonyl (C=O) groups is 2. The number of carbonyl (C=O) groups excluding carboxylic acids is 2. The van der Waals surface area contributed by atoms with Crippen LogP contribution in [0.2, 0.25) is 0 Å². The Bertz CT molecular complexity index is 504. The third-order valence-corrected chi connectivity index (χ3v) is 3.70. The maximum atomic E-state index is 12.2. The molecule has 0 aliphatic heterocycles. The molecule has 0 unspecified atom stereocenters. The van der Waals surface area contributed by atoms with Crippen LogP contribution in [0.1, 0.15) is 22.3 Å². The molecule has 1 amide bonds. The first-order valence-electron chi connectivity index (χ1n) is 6.55. The molecule has 0 fully saturated rings. The van der Waals surface area contributed by atoms with E-state index in [4.69, 9.17) is 9.47 Å². The number of methoxy groups -OCH3 is 2. The lowest BCUT2D eigenvalue weighted by atomic mass is 10.1. The lowest BCUT2D eigenvalue weighted by molar-refractivity contribution is -0.142. The highest BCUT2D eigenvalue weighted by Gasteiger charge is 2.21. The van der Waals surface area contributed by atoms with Crippen molar-refractivity contribution < 1.29 is 19.1 Å². The first-order valence-corrected chi connectivity index (χ1v) is 7.95. The average molecular weight is 311 g/mol. The number of rotatable bonds is 7. The molecule has 5 nitrogen and oxygen atoms in total. The van der Waals surface area contributed by atoms with Crippen molar-refractivity contribution in [3.63, 3.8) is 0 Å². The van der Waals surface area contributed by atoms with Crippen molar-refractivity contribution in [2.45, 2.75) is 19.4 Å². The number of hydrogen-bond acceptors (Lipinski definition) is 5. The zero-order valence-corrected chi connectivity index (χ0v) is 13.6. The summed E-state index contributed by atoms with van der Waals surface area (Å²) in [4.78, 5) is 23.9. The van der Waals surface area contributed by atoms with Gasteiger partial charge in [0.25, 0.3) is 5.91 Å². The van der Waals surface area contributed by atoms with E-state index in [-0.39, 0.29) is 5.91 Å². The molecule has 1 aromatic rings. The molecule has 0 heterocycles. The molecule has 0 radical (unpaired) electrons. The van der Waals surface area contributed by atoms with E-state index in [9.17, 15) is 9.59 Å². The van der Waals surface area contributed by atoms with Crippen LogP contribution in [0, 0.1) is 6.92 Å². The summed E-state index contributed by atoms with van der Waals surface area (Å²) in [7, 11) is 2.90. The second kappa shape index (κ2) is 8.56. The normalized spacial score (nSPS) is 11.6. The van der Waals surface area contributed by atoms with Gasteiger partial charge in [-0.25, -0.2) is 4.79 Å². The first-order chi connectivity index (χ1) is 10.0. The fraction of sp³-hybridized carbons (Fsp3) is 0.467. The fourth-order valence-corrected chi connectivity index (χ4v) is 2.36. The molecule has 0 bridgehead atoms. The maximum Gasteiger partial charge on any atom is 0.328 e. The van der Waals surface area contributed by atoms with Crippen molar-refractivity contribution in [3.8, 4) is 5.75 Å². The van der Waals surface area contributed by atoms with E-state index in [1.165, 1.54) is 7.11 Å². The van der Waals surface area contributed by atoms with Gasteiger partial charge in [0, 0.05) is 5.56 Å². The molecule has 1 atom stereocenters.